The summed E-state index contributed by atoms with van der Waals surface area (Å²) in [5.74, 6) is 0.779. The highest BCUT2D eigenvalue weighted by molar-refractivity contribution is 6.30. The van der Waals surface area contributed by atoms with Crippen molar-refractivity contribution in [3.05, 3.63) is 53.6 Å². The van der Waals surface area contributed by atoms with Crippen LogP contribution >= 0.6 is 11.6 Å². The highest BCUT2D eigenvalue weighted by Gasteiger charge is 1.96. The van der Waals surface area contributed by atoms with Gasteiger partial charge in [0.25, 0.3) is 0 Å². The van der Waals surface area contributed by atoms with Crippen molar-refractivity contribution in [2.75, 3.05) is 0 Å². The monoisotopic (exact) mass is 220 g/mol. The Morgan fingerprint density at radius 3 is 2.60 bits per heavy atom. The van der Waals surface area contributed by atoms with Crippen LogP contribution in [0.15, 0.2) is 42.9 Å². The lowest BCUT2D eigenvalue weighted by atomic mass is 10.4. The van der Waals surface area contributed by atoms with Crippen LogP contribution in [0, 0.1) is 0 Å². The first-order valence-electron chi connectivity index (χ1n) is 4.48. The fourth-order valence-corrected chi connectivity index (χ4v) is 1.20. The van der Waals surface area contributed by atoms with Crippen molar-refractivity contribution in [2.24, 2.45) is 0 Å². The lowest BCUT2D eigenvalue weighted by Gasteiger charge is -2.04. The van der Waals surface area contributed by atoms with Crippen molar-refractivity contribution in [3.63, 3.8) is 0 Å². The molecule has 0 fully saturated rings. The molecule has 0 saturated carbocycles. The Hall–Kier alpha value is -1.61. The standard InChI is InChI=1S/C11H9ClN2O/c12-9-1-2-10(14-7-9)8-15-11-3-5-13-6-4-11/h1-7H,8H2. The summed E-state index contributed by atoms with van der Waals surface area (Å²) in [6.45, 7) is 0.432. The van der Waals surface area contributed by atoms with Crippen molar-refractivity contribution in [3.8, 4) is 5.75 Å². The third-order valence-corrected chi connectivity index (χ3v) is 2.05. The summed E-state index contributed by atoms with van der Waals surface area (Å²) in [5, 5.41) is 0.627. The molecule has 0 aromatic carbocycles. The molecule has 2 rings (SSSR count). The number of hydrogen-bond acceptors (Lipinski definition) is 3. The highest BCUT2D eigenvalue weighted by Crippen LogP contribution is 2.11. The van der Waals surface area contributed by atoms with E-state index in [0.29, 0.717) is 11.6 Å². The number of ether oxygens (including phenoxy) is 1. The second-order valence-corrected chi connectivity index (χ2v) is 3.38. The second-order valence-electron chi connectivity index (χ2n) is 2.94. The van der Waals surface area contributed by atoms with Gasteiger partial charge >= 0.3 is 0 Å². The third-order valence-electron chi connectivity index (χ3n) is 1.83. The first-order valence-corrected chi connectivity index (χ1v) is 4.85. The summed E-state index contributed by atoms with van der Waals surface area (Å²) in [6, 6.07) is 7.23. The first kappa shape index (κ1) is 9.93. The van der Waals surface area contributed by atoms with Gasteiger partial charge in [-0.1, -0.05) is 11.6 Å². The van der Waals surface area contributed by atoms with Gasteiger partial charge in [0.05, 0.1) is 10.7 Å². The Morgan fingerprint density at radius 2 is 1.93 bits per heavy atom. The quantitative estimate of drug-likeness (QED) is 0.798. The molecule has 2 aromatic heterocycles. The van der Waals surface area contributed by atoms with Crippen LogP contribution in [0.5, 0.6) is 5.75 Å². The minimum Gasteiger partial charge on any atom is -0.487 e. The lowest BCUT2D eigenvalue weighted by molar-refractivity contribution is 0.301. The zero-order valence-corrected chi connectivity index (χ0v) is 8.69. The second kappa shape index (κ2) is 4.75. The molecular formula is C11H9ClN2O. The fourth-order valence-electron chi connectivity index (χ4n) is 1.08. The first-order chi connectivity index (χ1) is 7.34. The zero-order valence-electron chi connectivity index (χ0n) is 7.93. The molecule has 3 nitrogen and oxygen atoms in total. The van der Waals surface area contributed by atoms with Gasteiger partial charge in [-0.3, -0.25) is 9.97 Å². The molecule has 0 spiro atoms. The maximum atomic E-state index is 5.72. The van der Waals surface area contributed by atoms with E-state index < -0.39 is 0 Å². The van der Waals surface area contributed by atoms with Gasteiger partial charge in [0, 0.05) is 18.6 Å². The van der Waals surface area contributed by atoms with Gasteiger partial charge in [0.1, 0.15) is 12.4 Å². The van der Waals surface area contributed by atoms with E-state index in [0.717, 1.165) is 11.4 Å². The molecule has 0 amide bonds. The van der Waals surface area contributed by atoms with Gasteiger partial charge in [-0.2, -0.15) is 0 Å². The summed E-state index contributed by atoms with van der Waals surface area (Å²) in [7, 11) is 0. The summed E-state index contributed by atoms with van der Waals surface area (Å²) < 4.78 is 5.49. The van der Waals surface area contributed by atoms with E-state index in [2.05, 4.69) is 9.97 Å². The number of halogens is 1. The van der Waals surface area contributed by atoms with Crippen LogP contribution in [-0.2, 0) is 6.61 Å². The number of hydrogen-bond donors (Lipinski definition) is 0. The molecule has 0 aliphatic rings. The molecule has 0 saturated heterocycles. The molecule has 0 unspecified atom stereocenters. The van der Waals surface area contributed by atoms with Crippen LogP contribution in [0.4, 0.5) is 0 Å². The topological polar surface area (TPSA) is 35.0 Å². The van der Waals surface area contributed by atoms with E-state index in [4.69, 9.17) is 16.3 Å². The van der Waals surface area contributed by atoms with E-state index in [9.17, 15) is 0 Å². The minimum absolute atomic E-state index is 0.432. The molecule has 0 bridgehead atoms. The molecule has 0 N–H and O–H groups in total. The van der Waals surface area contributed by atoms with Crippen molar-refractivity contribution in [2.45, 2.75) is 6.61 Å². The molecule has 0 aliphatic heterocycles. The Balaban J connectivity index is 1.96. The normalized spacial score (nSPS) is 9.93. The Morgan fingerprint density at radius 1 is 1.13 bits per heavy atom. The number of pyridine rings is 2. The van der Waals surface area contributed by atoms with Crippen LogP contribution < -0.4 is 4.74 Å². The van der Waals surface area contributed by atoms with Crippen molar-refractivity contribution < 1.29 is 4.74 Å². The average molecular weight is 221 g/mol. The third kappa shape index (κ3) is 2.92. The van der Waals surface area contributed by atoms with E-state index in [1.54, 1.807) is 36.8 Å². The molecule has 4 heteroatoms. The summed E-state index contributed by atoms with van der Waals surface area (Å²) in [4.78, 5) is 8.02. The molecule has 2 aromatic rings. The molecule has 0 aliphatic carbocycles. The summed E-state index contributed by atoms with van der Waals surface area (Å²) >= 11 is 5.72. The van der Waals surface area contributed by atoms with Gasteiger partial charge < -0.3 is 4.74 Å². The van der Waals surface area contributed by atoms with Gasteiger partial charge in [-0.05, 0) is 24.3 Å². The van der Waals surface area contributed by atoms with Crippen LogP contribution in [-0.4, -0.2) is 9.97 Å². The maximum absolute atomic E-state index is 5.72. The molecule has 76 valence electrons. The molecule has 2 heterocycles. The predicted molar refractivity (Wildman–Crippen MR) is 57.8 cm³/mol. The summed E-state index contributed by atoms with van der Waals surface area (Å²) in [5.41, 5.74) is 0.844. The number of nitrogens with zero attached hydrogens (tertiary/aromatic N) is 2. The van der Waals surface area contributed by atoms with Crippen molar-refractivity contribution >= 4 is 11.6 Å². The Kier molecular flexibility index (Phi) is 3.15. The fraction of sp³-hybridized carbons (Fsp3) is 0.0909. The molecule has 15 heavy (non-hydrogen) atoms. The molecule has 0 atom stereocenters. The van der Waals surface area contributed by atoms with E-state index in [-0.39, 0.29) is 0 Å². The van der Waals surface area contributed by atoms with Crippen LogP contribution in [0.2, 0.25) is 5.02 Å². The van der Waals surface area contributed by atoms with Gasteiger partial charge in [-0.25, -0.2) is 0 Å². The largest absolute Gasteiger partial charge is 0.487 e. The smallest absolute Gasteiger partial charge is 0.130 e. The minimum atomic E-state index is 0.432. The van der Waals surface area contributed by atoms with Gasteiger partial charge in [0.2, 0.25) is 0 Å². The highest BCUT2D eigenvalue weighted by atomic mass is 35.5. The number of aromatic nitrogens is 2. The summed E-state index contributed by atoms with van der Waals surface area (Å²) in [6.07, 6.45) is 4.97. The predicted octanol–water partition coefficient (Wildman–Crippen LogP) is 2.71. The van der Waals surface area contributed by atoms with E-state index in [1.165, 1.54) is 0 Å². The molecular weight excluding hydrogens is 212 g/mol. The van der Waals surface area contributed by atoms with Crippen LogP contribution in [0.25, 0.3) is 0 Å². The van der Waals surface area contributed by atoms with E-state index in [1.807, 2.05) is 6.07 Å². The Labute approximate surface area is 92.7 Å². The zero-order chi connectivity index (χ0) is 10.5. The maximum Gasteiger partial charge on any atom is 0.130 e. The van der Waals surface area contributed by atoms with Gasteiger partial charge in [0.15, 0.2) is 0 Å². The van der Waals surface area contributed by atoms with Crippen LogP contribution in [0.3, 0.4) is 0 Å². The SMILES string of the molecule is Clc1ccc(COc2ccncc2)nc1. The van der Waals surface area contributed by atoms with Crippen LogP contribution in [0.1, 0.15) is 5.69 Å². The average Bonchev–Trinajstić information content (AvgIpc) is 2.30. The van der Waals surface area contributed by atoms with E-state index >= 15 is 0 Å². The lowest BCUT2D eigenvalue weighted by Crippen LogP contribution is -1.97. The van der Waals surface area contributed by atoms with Crippen molar-refractivity contribution in [1.82, 2.24) is 9.97 Å². The number of rotatable bonds is 3. The van der Waals surface area contributed by atoms with Gasteiger partial charge in [-0.15, -0.1) is 0 Å². The van der Waals surface area contributed by atoms with Crippen molar-refractivity contribution in [1.29, 1.82) is 0 Å². The molecule has 0 radical (unpaired) electrons. The Bertz CT molecular complexity index is 416.